The smallest absolute Gasteiger partial charge is 0.331 e. The first kappa shape index (κ1) is 15.7. The number of non-ortho nitro benzene ring substituents is 1. The molecule has 1 aromatic carbocycles. The molecule has 1 saturated carbocycles. The van der Waals surface area contributed by atoms with Gasteiger partial charge in [0.25, 0.3) is 11.6 Å². The van der Waals surface area contributed by atoms with E-state index in [1.807, 2.05) is 0 Å². The lowest BCUT2D eigenvalue weighted by atomic mass is 10.2. The Morgan fingerprint density at radius 2 is 2.00 bits per heavy atom. The molecule has 0 aliphatic heterocycles. The second-order valence-corrected chi connectivity index (χ2v) is 5.04. The van der Waals surface area contributed by atoms with Gasteiger partial charge in [0.1, 0.15) is 0 Å². The van der Waals surface area contributed by atoms with E-state index in [-0.39, 0.29) is 17.6 Å². The molecule has 7 heteroatoms. The summed E-state index contributed by atoms with van der Waals surface area (Å²) in [5.41, 5.74) is 0.600. The van der Waals surface area contributed by atoms with Gasteiger partial charge in [-0.1, -0.05) is 0 Å². The van der Waals surface area contributed by atoms with E-state index >= 15 is 0 Å². The van der Waals surface area contributed by atoms with Crippen molar-refractivity contribution in [1.29, 1.82) is 0 Å². The molecule has 1 aromatic rings. The Bertz CT molecular complexity index is 605. The van der Waals surface area contributed by atoms with Crippen molar-refractivity contribution in [1.82, 2.24) is 5.32 Å². The monoisotopic (exact) mass is 304 g/mol. The molecule has 0 radical (unpaired) electrons. The molecule has 22 heavy (non-hydrogen) atoms. The number of benzene rings is 1. The molecule has 1 fully saturated rings. The average Bonchev–Trinajstić information content (AvgIpc) is 3.29. The summed E-state index contributed by atoms with van der Waals surface area (Å²) >= 11 is 0. The Morgan fingerprint density at radius 3 is 2.55 bits per heavy atom. The van der Waals surface area contributed by atoms with Crippen molar-refractivity contribution in [2.45, 2.75) is 31.9 Å². The van der Waals surface area contributed by atoms with E-state index in [0.29, 0.717) is 5.56 Å². The number of amides is 1. The van der Waals surface area contributed by atoms with Gasteiger partial charge in [0.05, 0.1) is 4.92 Å². The molecule has 1 atom stereocenters. The summed E-state index contributed by atoms with van der Waals surface area (Å²) in [4.78, 5) is 33.3. The molecular weight excluding hydrogens is 288 g/mol. The number of carbonyl (C=O) groups excluding carboxylic acids is 2. The van der Waals surface area contributed by atoms with Crippen LogP contribution in [0.15, 0.2) is 30.3 Å². The van der Waals surface area contributed by atoms with Crippen molar-refractivity contribution in [2.75, 3.05) is 0 Å². The molecule has 1 aliphatic rings. The number of nitro benzene ring substituents is 1. The molecule has 1 amide bonds. The fraction of sp³-hybridized carbons (Fsp3) is 0.333. The second kappa shape index (κ2) is 6.84. The van der Waals surface area contributed by atoms with E-state index in [9.17, 15) is 19.7 Å². The summed E-state index contributed by atoms with van der Waals surface area (Å²) in [6.45, 7) is 1.51. The van der Waals surface area contributed by atoms with E-state index in [4.69, 9.17) is 4.74 Å². The van der Waals surface area contributed by atoms with Crippen LogP contribution in [-0.4, -0.2) is 28.9 Å². The quantitative estimate of drug-likeness (QED) is 0.374. The minimum absolute atomic E-state index is 0.0231. The molecular formula is C15H16N2O5. The Morgan fingerprint density at radius 1 is 1.36 bits per heavy atom. The van der Waals surface area contributed by atoms with Gasteiger partial charge in [0.2, 0.25) is 0 Å². The molecule has 1 N–H and O–H groups in total. The SMILES string of the molecule is C[C@H](OC(=O)/C=C/c1ccc([N+](=O)[O-])cc1)C(=O)NC1CC1. The lowest BCUT2D eigenvalue weighted by Crippen LogP contribution is -2.36. The van der Waals surface area contributed by atoms with Gasteiger partial charge in [-0.05, 0) is 43.5 Å². The van der Waals surface area contributed by atoms with Crippen LogP contribution in [0.3, 0.4) is 0 Å². The Kier molecular flexibility index (Phi) is 4.88. The summed E-state index contributed by atoms with van der Waals surface area (Å²) in [6, 6.07) is 5.94. The van der Waals surface area contributed by atoms with E-state index in [1.54, 1.807) is 0 Å². The number of nitrogens with one attached hydrogen (secondary N) is 1. The van der Waals surface area contributed by atoms with Crippen LogP contribution < -0.4 is 5.32 Å². The zero-order valence-electron chi connectivity index (χ0n) is 12.0. The zero-order valence-corrected chi connectivity index (χ0v) is 12.0. The predicted octanol–water partition coefficient (Wildman–Crippen LogP) is 1.82. The number of carbonyl (C=O) groups is 2. The van der Waals surface area contributed by atoms with Gasteiger partial charge in [-0.2, -0.15) is 0 Å². The first-order valence-corrected chi connectivity index (χ1v) is 6.89. The van der Waals surface area contributed by atoms with Crippen LogP contribution in [0, 0.1) is 10.1 Å². The predicted molar refractivity (Wildman–Crippen MR) is 78.8 cm³/mol. The molecule has 0 heterocycles. The van der Waals surface area contributed by atoms with Crippen LogP contribution in [0.2, 0.25) is 0 Å². The molecule has 0 bridgehead atoms. The number of nitrogens with zero attached hydrogens (tertiary/aromatic N) is 1. The van der Waals surface area contributed by atoms with Gasteiger partial charge in [-0.15, -0.1) is 0 Å². The minimum Gasteiger partial charge on any atom is -0.449 e. The van der Waals surface area contributed by atoms with Crippen LogP contribution in [0.4, 0.5) is 5.69 Å². The van der Waals surface area contributed by atoms with Crippen LogP contribution in [-0.2, 0) is 14.3 Å². The van der Waals surface area contributed by atoms with Crippen molar-refractivity contribution in [3.63, 3.8) is 0 Å². The van der Waals surface area contributed by atoms with Crippen molar-refractivity contribution in [3.8, 4) is 0 Å². The highest BCUT2D eigenvalue weighted by molar-refractivity contribution is 5.90. The maximum atomic E-state index is 11.6. The maximum absolute atomic E-state index is 11.6. The fourth-order valence-corrected chi connectivity index (χ4v) is 1.68. The van der Waals surface area contributed by atoms with Gasteiger partial charge in [0.15, 0.2) is 6.10 Å². The second-order valence-electron chi connectivity index (χ2n) is 5.04. The van der Waals surface area contributed by atoms with Crippen LogP contribution >= 0.6 is 0 Å². The standard InChI is InChI=1S/C15H16N2O5/c1-10(15(19)16-12-5-6-12)22-14(18)9-4-11-2-7-13(8-3-11)17(20)21/h2-4,7-10,12H,5-6H2,1H3,(H,16,19)/b9-4+/t10-/m0/s1. The van der Waals surface area contributed by atoms with E-state index < -0.39 is 17.0 Å². The minimum atomic E-state index is -0.852. The van der Waals surface area contributed by atoms with Crippen LogP contribution in [0.1, 0.15) is 25.3 Å². The molecule has 7 nitrogen and oxygen atoms in total. The highest BCUT2D eigenvalue weighted by atomic mass is 16.6. The summed E-state index contributed by atoms with van der Waals surface area (Å²) in [5, 5.41) is 13.3. The van der Waals surface area contributed by atoms with Gasteiger partial charge < -0.3 is 10.1 Å². The number of rotatable bonds is 6. The largest absolute Gasteiger partial charge is 0.449 e. The van der Waals surface area contributed by atoms with Crippen LogP contribution in [0.25, 0.3) is 6.08 Å². The third-order valence-electron chi connectivity index (χ3n) is 3.10. The van der Waals surface area contributed by atoms with Crippen molar-refractivity contribution >= 4 is 23.6 Å². The summed E-state index contributed by atoms with van der Waals surface area (Å²) in [5.74, 6) is -0.948. The summed E-state index contributed by atoms with van der Waals surface area (Å²) < 4.78 is 4.98. The first-order valence-electron chi connectivity index (χ1n) is 6.89. The Balaban J connectivity index is 1.84. The Labute approximate surface area is 127 Å². The van der Waals surface area contributed by atoms with Crippen molar-refractivity contribution < 1.29 is 19.2 Å². The molecule has 1 aliphatic carbocycles. The average molecular weight is 304 g/mol. The lowest BCUT2D eigenvalue weighted by Gasteiger charge is -2.11. The van der Waals surface area contributed by atoms with E-state index in [2.05, 4.69) is 5.32 Å². The summed E-state index contributed by atoms with van der Waals surface area (Å²) in [7, 11) is 0. The first-order chi connectivity index (χ1) is 10.5. The number of ether oxygens (including phenoxy) is 1. The van der Waals surface area contributed by atoms with Crippen molar-refractivity contribution in [3.05, 3.63) is 46.0 Å². The fourth-order valence-electron chi connectivity index (χ4n) is 1.68. The highest BCUT2D eigenvalue weighted by Gasteiger charge is 2.26. The molecule has 0 aromatic heterocycles. The topological polar surface area (TPSA) is 98.5 Å². The maximum Gasteiger partial charge on any atom is 0.331 e. The third kappa shape index (κ3) is 4.69. The number of hydrogen-bond acceptors (Lipinski definition) is 5. The number of hydrogen-bond donors (Lipinski definition) is 1. The van der Waals surface area contributed by atoms with Gasteiger partial charge in [-0.25, -0.2) is 4.79 Å². The lowest BCUT2D eigenvalue weighted by molar-refractivity contribution is -0.384. The van der Waals surface area contributed by atoms with Gasteiger partial charge in [0, 0.05) is 24.3 Å². The molecule has 0 unspecified atom stereocenters. The Hall–Kier alpha value is -2.70. The van der Waals surface area contributed by atoms with Crippen LogP contribution in [0.5, 0.6) is 0 Å². The molecule has 2 rings (SSSR count). The molecule has 0 spiro atoms. The zero-order chi connectivity index (χ0) is 16.1. The van der Waals surface area contributed by atoms with Gasteiger partial charge >= 0.3 is 5.97 Å². The van der Waals surface area contributed by atoms with Crippen molar-refractivity contribution in [2.24, 2.45) is 0 Å². The number of esters is 1. The van der Waals surface area contributed by atoms with E-state index in [1.165, 1.54) is 43.3 Å². The highest BCUT2D eigenvalue weighted by Crippen LogP contribution is 2.18. The van der Waals surface area contributed by atoms with E-state index in [0.717, 1.165) is 12.8 Å². The molecule has 116 valence electrons. The summed E-state index contributed by atoms with van der Waals surface area (Å²) in [6.07, 6.45) is 3.73. The molecule has 0 saturated heterocycles. The number of nitro groups is 1. The third-order valence-corrected chi connectivity index (χ3v) is 3.10. The van der Waals surface area contributed by atoms with Gasteiger partial charge in [-0.3, -0.25) is 14.9 Å². The normalized spacial score (nSPS) is 15.3.